The second-order valence-corrected chi connectivity index (χ2v) is 5.24. The van der Waals surface area contributed by atoms with Crippen LogP contribution in [-0.4, -0.2) is 14.7 Å². The largest absolute Gasteiger partial charge is 0.398 e. The Bertz CT molecular complexity index is 465. The van der Waals surface area contributed by atoms with Crippen LogP contribution in [0.3, 0.4) is 0 Å². The summed E-state index contributed by atoms with van der Waals surface area (Å²) in [5.74, 6) is 0. The highest BCUT2D eigenvalue weighted by molar-refractivity contribution is 7.93. The molecule has 14 heavy (non-hydrogen) atoms. The Hall–Kier alpha value is -1.00. The molecule has 0 spiro atoms. The maximum atomic E-state index is 10.9. The number of halogens is 1. The third-order valence-corrected chi connectivity index (χ3v) is 2.42. The molecule has 0 fully saturated rings. The Balaban J connectivity index is 3.13. The van der Waals surface area contributed by atoms with Gasteiger partial charge in [0.1, 0.15) is 0 Å². The molecule has 0 aliphatic carbocycles. The molecule has 0 aliphatic rings. The zero-order valence-electron chi connectivity index (χ0n) is 7.57. The summed E-state index contributed by atoms with van der Waals surface area (Å²) < 4.78 is 21.8. The predicted molar refractivity (Wildman–Crippen MR) is 58.5 cm³/mol. The van der Waals surface area contributed by atoms with Crippen molar-refractivity contribution in [1.82, 2.24) is 0 Å². The van der Waals surface area contributed by atoms with Crippen LogP contribution >= 0.6 is 11.6 Å². The minimum atomic E-state index is -3.21. The first-order valence-electron chi connectivity index (χ1n) is 3.81. The topological polar surface area (TPSA) is 60.2 Å². The molecule has 76 valence electrons. The SMILES string of the molecule is CS(=O)(=O)/C=C(\N)c1cccc(Cl)c1. The molecule has 5 heteroatoms. The summed E-state index contributed by atoms with van der Waals surface area (Å²) >= 11 is 5.73. The molecule has 0 atom stereocenters. The van der Waals surface area contributed by atoms with Crippen LogP contribution in [-0.2, 0) is 9.84 Å². The zero-order chi connectivity index (χ0) is 10.8. The van der Waals surface area contributed by atoms with E-state index in [9.17, 15) is 8.42 Å². The molecule has 0 radical (unpaired) electrons. The highest BCUT2D eigenvalue weighted by Gasteiger charge is 2.02. The van der Waals surface area contributed by atoms with Crippen molar-refractivity contribution in [3.8, 4) is 0 Å². The first kappa shape index (κ1) is 11.1. The molecule has 0 amide bonds. The van der Waals surface area contributed by atoms with Crippen LogP contribution in [0, 0.1) is 0 Å². The van der Waals surface area contributed by atoms with E-state index in [-0.39, 0.29) is 5.70 Å². The highest BCUT2D eigenvalue weighted by atomic mass is 35.5. The summed E-state index contributed by atoms with van der Waals surface area (Å²) in [5.41, 5.74) is 6.36. The van der Waals surface area contributed by atoms with Crippen molar-refractivity contribution in [2.45, 2.75) is 0 Å². The van der Waals surface area contributed by atoms with Gasteiger partial charge in [0.2, 0.25) is 0 Å². The van der Waals surface area contributed by atoms with Gasteiger partial charge in [0.25, 0.3) is 0 Å². The number of sulfone groups is 1. The van der Waals surface area contributed by atoms with Crippen LogP contribution in [0.4, 0.5) is 0 Å². The summed E-state index contributed by atoms with van der Waals surface area (Å²) in [5, 5.41) is 1.53. The maximum Gasteiger partial charge on any atom is 0.170 e. The summed E-state index contributed by atoms with van der Waals surface area (Å²) in [4.78, 5) is 0. The van der Waals surface area contributed by atoms with E-state index >= 15 is 0 Å². The molecule has 0 bridgehead atoms. The monoisotopic (exact) mass is 231 g/mol. The van der Waals surface area contributed by atoms with E-state index in [2.05, 4.69) is 0 Å². The van der Waals surface area contributed by atoms with Gasteiger partial charge in [-0.05, 0) is 17.7 Å². The standard InChI is InChI=1S/C9H10ClNO2S/c1-14(12,13)6-9(11)7-3-2-4-8(10)5-7/h2-6H,11H2,1H3/b9-6-. The molecule has 0 aromatic heterocycles. The Morgan fingerprint density at radius 3 is 2.64 bits per heavy atom. The first-order chi connectivity index (χ1) is 6.38. The van der Waals surface area contributed by atoms with E-state index < -0.39 is 9.84 Å². The number of hydrogen-bond acceptors (Lipinski definition) is 3. The lowest BCUT2D eigenvalue weighted by Gasteiger charge is -2.01. The number of hydrogen-bond donors (Lipinski definition) is 1. The van der Waals surface area contributed by atoms with Crippen LogP contribution < -0.4 is 5.73 Å². The Kier molecular flexibility index (Phi) is 3.18. The van der Waals surface area contributed by atoms with Crippen molar-refractivity contribution < 1.29 is 8.42 Å². The van der Waals surface area contributed by atoms with Crippen LogP contribution in [0.15, 0.2) is 29.7 Å². The lowest BCUT2D eigenvalue weighted by atomic mass is 10.2. The van der Waals surface area contributed by atoms with Crippen molar-refractivity contribution in [2.24, 2.45) is 5.73 Å². The lowest BCUT2D eigenvalue weighted by Crippen LogP contribution is -2.00. The number of nitrogens with two attached hydrogens (primary N) is 1. The molecule has 0 aliphatic heterocycles. The third kappa shape index (κ3) is 3.40. The zero-order valence-corrected chi connectivity index (χ0v) is 9.14. The van der Waals surface area contributed by atoms with Crippen LogP contribution in [0.25, 0.3) is 5.70 Å². The Labute approximate surface area is 88.1 Å². The van der Waals surface area contributed by atoms with Crippen LogP contribution in [0.2, 0.25) is 5.02 Å². The van der Waals surface area contributed by atoms with Crippen molar-refractivity contribution in [1.29, 1.82) is 0 Å². The smallest absolute Gasteiger partial charge is 0.170 e. The predicted octanol–water partition coefficient (Wildman–Crippen LogP) is 1.64. The average molecular weight is 232 g/mol. The number of rotatable bonds is 2. The molecule has 1 aromatic carbocycles. The van der Waals surface area contributed by atoms with Gasteiger partial charge in [-0.15, -0.1) is 0 Å². The minimum absolute atomic E-state index is 0.190. The van der Waals surface area contributed by atoms with Gasteiger partial charge in [-0.1, -0.05) is 23.7 Å². The normalized spacial score (nSPS) is 12.9. The minimum Gasteiger partial charge on any atom is -0.398 e. The average Bonchev–Trinajstić information content (AvgIpc) is 2.01. The fraction of sp³-hybridized carbons (Fsp3) is 0.111. The van der Waals surface area contributed by atoms with Gasteiger partial charge in [0.05, 0.1) is 11.1 Å². The highest BCUT2D eigenvalue weighted by Crippen LogP contribution is 2.15. The Morgan fingerprint density at radius 2 is 2.14 bits per heavy atom. The molecule has 0 saturated heterocycles. The lowest BCUT2D eigenvalue weighted by molar-refractivity contribution is 0.610. The van der Waals surface area contributed by atoms with E-state index in [1.54, 1.807) is 24.3 Å². The molecular weight excluding hydrogens is 222 g/mol. The van der Waals surface area contributed by atoms with Crippen molar-refractivity contribution in [3.63, 3.8) is 0 Å². The number of benzene rings is 1. The van der Waals surface area contributed by atoms with Crippen molar-refractivity contribution in [2.75, 3.05) is 6.26 Å². The fourth-order valence-electron chi connectivity index (χ4n) is 0.967. The summed E-state index contributed by atoms with van der Waals surface area (Å²) in [6.07, 6.45) is 1.09. The molecule has 1 aromatic rings. The van der Waals surface area contributed by atoms with Crippen molar-refractivity contribution >= 4 is 27.1 Å². The fourth-order valence-corrected chi connectivity index (χ4v) is 1.75. The van der Waals surface area contributed by atoms with Gasteiger partial charge in [-0.25, -0.2) is 8.42 Å². The molecule has 0 unspecified atom stereocenters. The molecule has 0 heterocycles. The second-order valence-electron chi connectivity index (χ2n) is 2.91. The summed E-state index contributed by atoms with van der Waals surface area (Å²) in [6, 6.07) is 6.71. The van der Waals surface area contributed by atoms with Gasteiger partial charge in [0, 0.05) is 11.3 Å². The van der Waals surface area contributed by atoms with Crippen LogP contribution in [0.5, 0.6) is 0 Å². The maximum absolute atomic E-state index is 10.9. The van der Waals surface area contributed by atoms with E-state index in [0.717, 1.165) is 11.7 Å². The molecule has 3 nitrogen and oxygen atoms in total. The molecule has 2 N–H and O–H groups in total. The van der Waals surface area contributed by atoms with Gasteiger partial charge in [-0.2, -0.15) is 0 Å². The Morgan fingerprint density at radius 1 is 1.50 bits per heavy atom. The van der Waals surface area contributed by atoms with E-state index in [0.29, 0.717) is 10.6 Å². The third-order valence-electron chi connectivity index (χ3n) is 1.50. The van der Waals surface area contributed by atoms with Gasteiger partial charge in [-0.3, -0.25) is 0 Å². The first-order valence-corrected chi connectivity index (χ1v) is 6.15. The van der Waals surface area contributed by atoms with E-state index in [4.69, 9.17) is 17.3 Å². The van der Waals surface area contributed by atoms with E-state index in [1.807, 2.05) is 0 Å². The molecule has 1 rings (SSSR count). The molecular formula is C9H10ClNO2S. The van der Waals surface area contributed by atoms with Crippen LogP contribution in [0.1, 0.15) is 5.56 Å². The van der Waals surface area contributed by atoms with Gasteiger partial charge < -0.3 is 5.73 Å². The summed E-state index contributed by atoms with van der Waals surface area (Å²) in [7, 11) is -3.21. The van der Waals surface area contributed by atoms with Crippen molar-refractivity contribution in [3.05, 3.63) is 40.3 Å². The quantitative estimate of drug-likeness (QED) is 0.842. The van der Waals surface area contributed by atoms with Gasteiger partial charge in [0.15, 0.2) is 9.84 Å². The summed E-state index contributed by atoms with van der Waals surface area (Å²) in [6.45, 7) is 0. The van der Waals surface area contributed by atoms with Gasteiger partial charge >= 0.3 is 0 Å². The molecule has 0 saturated carbocycles. The van der Waals surface area contributed by atoms with E-state index in [1.165, 1.54) is 0 Å². The second kappa shape index (κ2) is 4.02.